The Morgan fingerprint density at radius 1 is 0.969 bits per heavy atom. The molecule has 1 aliphatic heterocycles. The van der Waals surface area contributed by atoms with Crippen molar-refractivity contribution in [3.05, 3.63) is 48.7 Å². The number of piperazine rings is 1. The number of nitrogens with zero attached hydrogens (tertiary/aromatic N) is 4. The Morgan fingerprint density at radius 3 is 2.16 bits per heavy atom. The van der Waals surface area contributed by atoms with Gasteiger partial charge in [-0.25, -0.2) is 4.98 Å². The normalized spacial score (nSPS) is 21.4. The summed E-state index contributed by atoms with van der Waals surface area (Å²) in [7, 11) is 0. The zero-order valence-electron chi connectivity index (χ0n) is 19.6. The fourth-order valence-electron chi connectivity index (χ4n) is 4.36. The second-order valence-electron chi connectivity index (χ2n) is 9.17. The van der Waals surface area contributed by atoms with Crippen LogP contribution < -0.4 is 9.80 Å². The molecule has 1 N–H and O–H groups in total. The summed E-state index contributed by atoms with van der Waals surface area (Å²) >= 11 is 0. The molecule has 6 nitrogen and oxygen atoms in total. The van der Waals surface area contributed by atoms with Gasteiger partial charge in [0, 0.05) is 45.5 Å². The third-order valence-electron chi connectivity index (χ3n) is 6.63. The van der Waals surface area contributed by atoms with Gasteiger partial charge in [0.1, 0.15) is 11.6 Å². The molecule has 0 radical (unpaired) electrons. The minimum Gasteiger partial charge on any atom is -0.506 e. The summed E-state index contributed by atoms with van der Waals surface area (Å²) in [4.78, 5) is 21.7. The number of hydrogen-bond donors (Lipinski definition) is 1. The average molecular weight is 439 g/mol. The molecule has 1 saturated carbocycles. The van der Waals surface area contributed by atoms with Crippen LogP contribution in [0.2, 0.25) is 0 Å². The van der Waals surface area contributed by atoms with Crippen LogP contribution in [0.3, 0.4) is 0 Å². The second-order valence-corrected chi connectivity index (χ2v) is 9.17. The van der Waals surface area contributed by atoms with Crippen LogP contribution in [0, 0.1) is 11.8 Å². The van der Waals surface area contributed by atoms with Crippen LogP contribution in [0.5, 0.6) is 5.75 Å². The summed E-state index contributed by atoms with van der Waals surface area (Å²) < 4.78 is 0. The minimum absolute atomic E-state index is 0.327. The van der Waals surface area contributed by atoms with Crippen molar-refractivity contribution in [2.45, 2.75) is 39.5 Å². The number of carbonyl (C=O) groups is 1. The number of para-hydroxylation sites is 2. The topological polar surface area (TPSA) is 59.9 Å². The molecule has 1 aliphatic carbocycles. The maximum atomic E-state index is 11.3. The molecular weight excluding hydrogens is 400 g/mol. The molecule has 32 heavy (non-hydrogen) atoms. The molecule has 6 heteroatoms. The van der Waals surface area contributed by atoms with E-state index in [1.54, 1.807) is 17.2 Å². The summed E-state index contributed by atoms with van der Waals surface area (Å²) in [5, 5.41) is 9.96. The van der Waals surface area contributed by atoms with E-state index in [0.29, 0.717) is 18.1 Å². The lowest BCUT2D eigenvalue weighted by atomic mass is 9.84. The van der Waals surface area contributed by atoms with E-state index in [1.165, 1.54) is 25.7 Å². The van der Waals surface area contributed by atoms with Crippen molar-refractivity contribution in [3.8, 4) is 5.75 Å². The number of anilines is 2. The standard InChI is InChI=1S/C18H22N4O2.C8H16/c23-15-22(18-7-3-4-8-19-18)14-11-20-9-12-21(13-10-20)16-5-1-2-6-17(16)24;1-7-3-5-8(2)6-4-7/h1-8,15,24H,9-14H2;7-8H,3-6H2,1-2H3. The van der Waals surface area contributed by atoms with Crippen LogP contribution in [-0.4, -0.2) is 60.7 Å². The fourth-order valence-corrected chi connectivity index (χ4v) is 4.36. The Labute approximate surface area is 192 Å². The number of amides is 1. The lowest BCUT2D eigenvalue weighted by Crippen LogP contribution is -2.48. The van der Waals surface area contributed by atoms with Gasteiger partial charge >= 0.3 is 0 Å². The number of pyridine rings is 1. The molecule has 1 aromatic carbocycles. The molecule has 0 unspecified atom stereocenters. The number of benzene rings is 1. The van der Waals surface area contributed by atoms with Crippen molar-refractivity contribution in [3.63, 3.8) is 0 Å². The van der Waals surface area contributed by atoms with Gasteiger partial charge in [-0.2, -0.15) is 0 Å². The number of phenols is 1. The van der Waals surface area contributed by atoms with Crippen molar-refractivity contribution in [2.24, 2.45) is 11.8 Å². The maximum Gasteiger partial charge on any atom is 0.215 e. The smallest absolute Gasteiger partial charge is 0.215 e. The molecule has 2 heterocycles. The molecule has 0 atom stereocenters. The van der Waals surface area contributed by atoms with Crippen molar-refractivity contribution >= 4 is 17.9 Å². The van der Waals surface area contributed by atoms with Crippen LogP contribution in [0.25, 0.3) is 0 Å². The number of carbonyl (C=O) groups excluding carboxylic acids is 1. The zero-order valence-corrected chi connectivity index (χ0v) is 19.6. The molecule has 2 aromatic rings. The van der Waals surface area contributed by atoms with E-state index in [0.717, 1.165) is 56.7 Å². The highest BCUT2D eigenvalue weighted by atomic mass is 16.3. The Balaban J connectivity index is 0.000000305. The number of hydrogen-bond acceptors (Lipinski definition) is 5. The summed E-state index contributed by atoms with van der Waals surface area (Å²) in [5.74, 6) is 3.05. The van der Waals surface area contributed by atoms with Gasteiger partial charge in [0.2, 0.25) is 6.41 Å². The Kier molecular flexibility index (Phi) is 9.35. The van der Waals surface area contributed by atoms with E-state index in [4.69, 9.17) is 0 Å². The highest BCUT2D eigenvalue weighted by molar-refractivity contribution is 5.72. The van der Waals surface area contributed by atoms with E-state index in [-0.39, 0.29) is 0 Å². The molecule has 174 valence electrons. The second kappa shape index (κ2) is 12.4. The number of aromatic hydroxyl groups is 1. The van der Waals surface area contributed by atoms with Crippen LogP contribution in [0.4, 0.5) is 11.5 Å². The van der Waals surface area contributed by atoms with Crippen LogP contribution in [0.1, 0.15) is 39.5 Å². The zero-order chi connectivity index (χ0) is 22.8. The van der Waals surface area contributed by atoms with E-state index in [9.17, 15) is 9.90 Å². The van der Waals surface area contributed by atoms with Crippen LogP contribution >= 0.6 is 0 Å². The molecule has 0 spiro atoms. The van der Waals surface area contributed by atoms with E-state index in [2.05, 4.69) is 28.6 Å². The predicted octanol–water partition coefficient (Wildman–Crippen LogP) is 4.40. The molecule has 4 rings (SSSR count). The number of rotatable bonds is 6. The van der Waals surface area contributed by atoms with E-state index in [1.807, 2.05) is 36.4 Å². The molecule has 1 aromatic heterocycles. The molecule has 2 aliphatic rings. The molecule has 0 bridgehead atoms. The Bertz CT molecular complexity index is 790. The van der Waals surface area contributed by atoms with Crippen molar-refractivity contribution in [1.29, 1.82) is 0 Å². The largest absolute Gasteiger partial charge is 0.506 e. The summed E-state index contributed by atoms with van der Waals surface area (Å²) in [6, 6.07) is 13.0. The highest BCUT2D eigenvalue weighted by Gasteiger charge is 2.19. The first-order valence-corrected chi connectivity index (χ1v) is 11.9. The fraction of sp³-hybridized carbons (Fsp3) is 0.538. The minimum atomic E-state index is 0.327. The van der Waals surface area contributed by atoms with Gasteiger partial charge in [-0.1, -0.05) is 57.7 Å². The molecule has 1 saturated heterocycles. The van der Waals surface area contributed by atoms with Crippen LogP contribution in [0.15, 0.2) is 48.7 Å². The number of phenolic OH excluding ortho intramolecular Hbond substituents is 1. The number of aromatic nitrogens is 1. The van der Waals surface area contributed by atoms with E-state index < -0.39 is 0 Å². The maximum absolute atomic E-state index is 11.3. The third kappa shape index (κ3) is 7.23. The van der Waals surface area contributed by atoms with Gasteiger partial charge in [0.15, 0.2) is 0 Å². The van der Waals surface area contributed by atoms with Gasteiger partial charge in [-0.05, 0) is 36.1 Å². The predicted molar refractivity (Wildman–Crippen MR) is 131 cm³/mol. The molecular formula is C26H38N4O2. The Morgan fingerprint density at radius 2 is 1.59 bits per heavy atom. The van der Waals surface area contributed by atoms with Gasteiger partial charge in [-0.15, -0.1) is 0 Å². The lowest BCUT2D eigenvalue weighted by molar-refractivity contribution is -0.107. The summed E-state index contributed by atoms with van der Waals surface area (Å²) in [6.45, 7) is 9.70. The SMILES string of the molecule is CC1CCC(C)CC1.O=CN(CCN1CCN(c2ccccc2O)CC1)c1ccccn1. The van der Waals surface area contributed by atoms with Crippen molar-refractivity contribution in [2.75, 3.05) is 49.1 Å². The monoisotopic (exact) mass is 438 g/mol. The molecule has 1 amide bonds. The van der Waals surface area contributed by atoms with Gasteiger partial charge in [-0.3, -0.25) is 14.6 Å². The lowest BCUT2D eigenvalue weighted by Gasteiger charge is -2.36. The summed E-state index contributed by atoms with van der Waals surface area (Å²) in [5.41, 5.74) is 0.889. The van der Waals surface area contributed by atoms with E-state index >= 15 is 0 Å². The molecule has 2 fully saturated rings. The van der Waals surface area contributed by atoms with Gasteiger partial charge < -0.3 is 10.0 Å². The van der Waals surface area contributed by atoms with Crippen molar-refractivity contribution in [1.82, 2.24) is 9.88 Å². The van der Waals surface area contributed by atoms with Gasteiger partial charge in [0.25, 0.3) is 0 Å². The Hall–Kier alpha value is -2.60. The highest BCUT2D eigenvalue weighted by Crippen LogP contribution is 2.28. The summed E-state index contributed by atoms with van der Waals surface area (Å²) in [6.07, 6.45) is 8.42. The van der Waals surface area contributed by atoms with Crippen LogP contribution in [-0.2, 0) is 4.79 Å². The quantitative estimate of drug-likeness (QED) is 0.677. The first kappa shape index (κ1) is 24.1. The first-order valence-electron chi connectivity index (χ1n) is 11.9. The average Bonchev–Trinajstić information content (AvgIpc) is 2.83. The third-order valence-corrected chi connectivity index (χ3v) is 6.63. The first-order chi connectivity index (χ1) is 15.6. The van der Waals surface area contributed by atoms with Gasteiger partial charge in [0.05, 0.1) is 5.69 Å². The van der Waals surface area contributed by atoms with Crippen molar-refractivity contribution < 1.29 is 9.90 Å².